The average Bonchev–Trinajstić information content (AvgIpc) is 2.69. The van der Waals surface area contributed by atoms with Gasteiger partial charge in [-0.3, -0.25) is 0 Å². The van der Waals surface area contributed by atoms with Crippen LogP contribution in [0.5, 0.6) is 0 Å². The minimum atomic E-state index is 0.0148. The van der Waals surface area contributed by atoms with Crippen LogP contribution in [-0.4, -0.2) is 14.7 Å². The van der Waals surface area contributed by atoms with E-state index < -0.39 is 0 Å². The Labute approximate surface area is 106 Å². The van der Waals surface area contributed by atoms with Crippen LogP contribution in [0.3, 0.4) is 0 Å². The van der Waals surface area contributed by atoms with E-state index in [1.807, 2.05) is 16.7 Å². The Morgan fingerprint density at radius 2 is 2.12 bits per heavy atom. The number of aliphatic hydroxyl groups is 1. The molecule has 90 valence electrons. The van der Waals surface area contributed by atoms with Gasteiger partial charge in [-0.1, -0.05) is 24.3 Å². The van der Waals surface area contributed by atoms with Crippen molar-refractivity contribution in [1.29, 1.82) is 0 Å². The maximum atomic E-state index is 9.20. The predicted molar refractivity (Wildman–Crippen MR) is 70.4 cm³/mol. The molecule has 0 bridgehead atoms. The summed E-state index contributed by atoms with van der Waals surface area (Å²) in [5.41, 5.74) is 3.45. The van der Waals surface area contributed by atoms with Crippen LogP contribution in [-0.2, 0) is 19.6 Å². The van der Waals surface area contributed by atoms with E-state index in [2.05, 4.69) is 24.0 Å². The Bertz CT molecular complexity index is 557. The fourth-order valence-corrected chi connectivity index (χ4v) is 2.20. The van der Waals surface area contributed by atoms with Gasteiger partial charge in [-0.15, -0.1) is 0 Å². The van der Waals surface area contributed by atoms with Gasteiger partial charge < -0.3 is 14.7 Å². The van der Waals surface area contributed by atoms with Gasteiger partial charge in [0.2, 0.25) is 0 Å². The number of H-pyrrole nitrogens is 1. The molecule has 3 nitrogen and oxygen atoms in total. The van der Waals surface area contributed by atoms with E-state index >= 15 is 0 Å². The van der Waals surface area contributed by atoms with Crippen LogP contribution in [0.25, 0.3) is 0 Å². The molecule has 0 radical (unpaired) electrons. The van der Waals surface area contributed by atoms with Gasteiger partial charge in [0.25, 0.3) is 0 Å². The first-order valence-electron chi connectivity index (χ1n) is 5.65. The van der Waals surface area contributed by atoms with E-state index in [9.17, 15) is 5.11 Å². The van der Waals surface area contributed by atoms with Crippen LogP contribution in [0.15, 0.2) is 30.5 Å². The first-order chi connectivity index (χ1) is 8.22. The van der Waals surface area contributed by atoms with E-state index in [0.29, 0.717) is 4.77 Å². The van der Waals surface area contributed by atoms with Gasteiger partial charge in [0.1, 0.15) is 0 Å². The Balaban J connectivity index is 2.15. The molecular formula is C13H16N2OS. The second-order valence-electron chi connectivity index (χ2n) is 4.07. The third-order valence-electron chi connectivity index (χ3n) is 2.98. The molecule has 1 aromatic carbocycles. The fourth-order valence-electron chi connectivity index (χ4n) is 1.93. The molecule has 1 heterocycles. The summed E-state index contributed by atoms with van der Waals surface area (Å²) in [6, 6.07) is 8.33. The second-order valence-corrected chi connectivity index (χ2v) is 4.46. The van der Waals surface area contributed by atoms with Crippen LogP contribution in [0, 0.1) is 11.7 Å². The van der Waals surface area contributed by atoms with Crippen molar-refractivity contribution in [2.45, 2.75) is 26.5 Å². The Kier molecular flexibility index (Phi) is 3.76. The second kappa shape index (κ2) is 5.29. The SMILES string of the molecule is Cc1ccccc1CCn1c(CO)c[nH]c1=S. The molecule has 17 heavy (non-hydrogen) atoms. The number of aliphatic hydroxyl groups excluding tert-OH is 1. The zero-order valence-corrected chi connectivity index (χ0v) is 10.6. The summed E-state index contributed by atoms with van der Waals surface area (Å²) >= 11 is 5.18. The Hall–Kier alpha value is -1.39. The van der Waals surface area contributed by atoms with Crippen LogP contribution < -0.4 is 0 Å². The molecule has 2 rings (SSSR count). The van der Waals surface area contributed by atoms with Gasteiger partial charge in [0.05, 0.1) is 12.3 Å². The summed E-state index contributed by atoms with van der Waals surface area (Å²) < 4.78 is 2.62. The topological polar surface area (TPSA) is 41.0 Å². The molecule has 0 unspecified atom stereocenters. The summed E-state index contributed by atoms with van der Waals surface area (Å²) in [6.45, 7) is 2.92. The standard InChI is InChI=1S/C13H16N2OS/c1-10-4-2-3-5-11(10)6-7-15-12(9-16)8-14-13(15)17/h2-5,8,16H,6-7,9H2,1H3,(H,14,17). The molecular weight excluding hydrogens is 232 g/mol. The largest absolute Gasteiger partial charge is 0.390 e. The molecule has 1 aromatic heterocycles. The Morgan fingerprint density at radius 3 is 2.82 bits per heavy atom. The highest BCUT2D eigenvalue weighted by Gasteiger charge is 2.04. The number of aromatic nitrogens is 2. The number of nitrogens with one attached hydrogen (secondary N) is 1. The molecule has 2 N–H and O–H groups in total. The van der Waals surface area contributed by atoms with Gasteiger partial charge >= 0.3 is 0 Å². The number of aromatic amines is 1. The van der Waals surface area contributed by atoms with Gasteiger partial charge in [-0.25, -0.2) is 0 Å². The van der Waals surface area contributed by atoms with Gasteiger partial charge in [0, 0.05) is 12.7 Å². The van der Waals surface area contributed by atoms with Crippen LogP contribution in [0.4, 0.5) is 0 Å². The van der Waals surface area contributed by atoms with Gasteiger partial charge in [0.15, 0.2) is 4.77 Å². The molecule has 0 saturated carbocycles. The monoisotopic (exact) mass is 248 g/mol. The maximum Gasteiger partial charge on any atom is 0.177 e. The lowest BCUT2D eigenvalue weighted by Crippen LogP contribution is -2.06. The zero-order chi connectivity index (χ0) is 12.3. The number of benzene rings is 1. The summed E-state index contributed by atoms with van der Waals surface area (Å²) in [5.74, 6) is 0. The van der Waals surface area contributed by atoms with E-state index in [1.165, 1.54) is 11.1 Å². The lowest BCUT2D eigenvalue weighted by Gasteiger charge is -2.08. The van der Waals surface area contributed by atoms with Crippen molar-refractivity contribution in [2.24, 2.45) is 0 Å². The third kappa shape index (κ3) is 2.65. The quantitative estimate of drug-likeness (QED) is 0.817. The van der Waals surface area contributed by atoms with Crippen molar-refractivity contribution in [3.05, 3.63) is 52.1 Å². The van der Waals surface area contributed by atoms with Crippen molar-refractivity contribution in [2.75, 3.05) is 0 Å². The number of imidazole rings is 1. The van der Waals surface area contributed by atoms with E-state index in [1.54, 1.807) is 6.20 Å². The number of hydrogen-bond acceptors (Lipinski definition) is 2. The minimum absolute atomic E-state index is 0.0148. The molecule has 0 fully saturated rings. The van der Waals surface area contributed by atoms with Crippen molar-refractivity contribution >= 4 is 12.2 Å². The van der Waals surface area contributed by atoms with Crippen molar-refractivity contribution in [1.82, 2.24) is 9.55 Å². The molecule has 2 aromatic rings. The smallest absolute Gasteiger partial charge is 0.177 e. The fraction of sp³-hybridized carbons (Fsp3) is 0.308. The van der Waals surface area contributed by atoms with Crippen LogP contribution in [0.1, 0.15) is 16.8 Å². The first-order valence-corrected chi connectivity index (χ1v) is 6.05. The molecule has 0 aliphatic rings. The molecule has 0 saturated heterocycles. The zero-order valence-electron chi connectivity index (χ0n) is 9.81. The van der Waals surface area contributed by atoms with Crippen molar-refractivity contribution < 1.29 is 5.11 Å². The summed E-state index contributed by atoms with van der Waals surface area (Å²) in [7, 11) is 0. The summed E-state index contributed by atoms with van der Waals surface area (Å²) in [6.07, 6.45) is 2.69. The number of rotatable bonds is 4. The average molecular weight is 248 g/mol. The highest BCUT2D eigenvalue weighted by Crippen LogP contribution is 2.10. The summed E-state index contributed by atoms with van der Waals surface area (Å²) in [4.78, 5) is 2.96. The van der Waals surface area contributed by atoms with Crippen molar-refractivity contribution in [3.63, 3.8) is 0 Å². The van der Waals surface area contributed by atoms with E-state index in [4.69, 9.17) is 12.2 Å². The van der Waals surface area contributed by atoms with Gasteiger partial charge in [-0.05, 0) is 36.7 Å². The third-order valence-corrected chi connectivity index (χ3v) is 3.32. The van der Waals surface area contributed by atoms with Crippen LogP contribution >= 0.6 is 12.2 Å². The van der Waals surface area contributed by atoms with E-state index in [-0.39, 0.29) is 6.61 Å². The number of hydrogen-bond donors (Lipinski definition) is 2. The van der Waals surface area contributed by atoms with Crippen molar-refractivity contribution in [3.8, 4) is 0 Å². The Morgan fingerprint density at radius 1 is 1.35 bits per heavy atom. The minimum Gasteiger partial charge on any atom is -0.390 e. The summed E-state index contributed by atoms with van der Waals surface area (Å²) in [5, 5.41) is 9.20. The molecule has 0 spiro atoms. The highest BCUT2D eigenvalue weighted by molar-refractivity contribution is 7.71. The lowest BCUT2D eigenvalue weighted by molar-refractivity contribution is 0.270. The molecule has 0 amide bonds. The molecule has 0 atom stereocenters. The lowest BCUT2D eigenvalue weighted by atomic mass is 10.1. The number of aryl methyl sites for hydroxylation is 2. The van der Waals surface area contributed by atoms with Gasteiger partial charge in [-0.2, -0.15) is 0 Å². The molecule has 0 aliphatic carbocycles. The normalized spacial score (nSPS) is 10.7. The first kappa shape index (κ1) is 12.1. The number of nitrogens with zero attached hydrogens (tertiary/aromatic N) is 1. The van der Waals surface area contributed by atoms with E-state index in [0.717, 1.165) is 18.7 Å². The van der Waals surface area contributed by atoms with Crippen LogP contribution in [0.2, 0.25) is 0 Å². The molecule has 0 aliphatic heterocycles. The predicted octanol–water partition coefficient (Wildman–Crippen LogP) is 2.59. The maximum absolute atomic E-state index is 9.20. The molecule has 4 heteroatoms. The highest BCUT2D eigenvalue weighted by atomic mass is 32.1.